The fourth-order valence-corrected chi connectivity index (χ4v) is 2.81. The van der Waals surface area contributed by atoms with E-state index in [-0.39, 0.29) is 28.5 Å². The number of benzene rings is 2. The van der Waals surface area contributed by atoms with Crippen molar-refractivity contribution in [2.24, 2.45) is 0 Å². The van der Waals surface area contributed by atoms with Crippen LogP contribution in [0.4, 0.5) is 11.4 Å². The minimum absolute atomic E-state index is 0.0392. The molecule has 140 valence electrons. The quantitative estimate of drug-likeness (QED) is 0.275. The van der Waals surface area contributed by atoms with E-state index >= 15 is 0 Å². The summed E-state index contributed by atoms with van der Waals surface area (Å²) in [5.74, 6) is 0.738. The molecular weight excluding hydrogens is 386 g/mol. The molecule has 1 aliphatic rings. The lowest BCUT2D eigenvalue weighted by molar-refractivity contribution is -0.385. The molecule has 0 aliphatic carbocycles. The second-order valence-corrected chi connectivity index (χ2v) is 6.00. The largest absolute Gasteiger partial charge is 0.473 e. The van der Waals surface area contributed by atoms with Crippen LogP contribution in [-0.4, -0.2) is 23.3 Å². The number of hydrazine groups is 1. The minimum Gasteiger partial charge on any atom is -0.473 e. The smallest absolute Gasteiger partial charge is 0.313 e. The van der Waals surface area contributed by atoms with Gasteiger partial charge in [0.25, 0.3) is 11.8 Å². The number of para-hydroxylation sites is 1. The number of terminal acetylenes is 1. The number of anilines is 1. The summed E-state index contributed by atoms with van der Waals surface area (Å²) >= 11 is 5.96. The topological polar surface area (TPSA) is 102 Å². The molecule has 0 radical (unpaired) electrons. The first-order chi connectivity index (χ1) is 13.4. The Bertz CT molecular complexity index is 1040. The molecule has 0 bridgehead atoms. The zero-order valence-corrected chi connectivity index (χ0v) is 15.0. The van der Waals surface area contributed by atoms with E-state index in [1.165, 1.54) is 12.1 Å². The van der Waals surface area contributed by atoms with Gasteiger partial charge in [-0.15, -0.1) is 6.42 Å². The average Bonchev–Trinajstić information content (AvgIpc) is 2.95. The van der Waals surface area contributed by atoms with Crippen molar-refractivity contribution in [3.05, 3.63) is 68.7 Å². The minimum atomic E-state index is -0.688. The first-order valence-corrected chi connectivity index (χ1v) is 8.26. The van der Waals surface area contributed by atoms with Gasteiger partial charge in [0.05, 0.1) is 10.6 Å². The molecule has 1 fully saturated rings. The van der Waals surface area contributed by atoms with E-state index in [1.54, 1.807) is 30.3 Å². The number of nitro benzene ring substituents is 1. The van der Waals surface area contributed by atoms with E-state index in [2.05, 4.69) is 11.3 Å². The standard InChI is InChI=1S/C19H12ClN3O5/c1-2-8-28-17-12(9-13(20)11-16(17)23(26)27)10-15-18(24)21-22(19(15)25)14-6-4-3-5-7-14/h1,3-7,9-11H,8H2,(H,21,24)/b15-10-. The summed E-state index contributed by atoms with van der Waals surface area (Å²) < 4.78 is 5.29. The Morgan fingerprint density at radius 2 is 2.00 bits per heavy atom. The molecule has 3 rings (SSSR count). The van der Waals surface area contributed by atoms with Gasteiger partial charge in [-0.1, -0.05) is 35.7 Å². The van der Waals surface area contributed by atoms with Crippen LogP contribution < -0.4 is 15.2 Å². The second kappa shape index (κ2) is 7.82. The molecule has 0 unspecified atom stereocenters. The predicted molar refractivity (Wildman–Crippen MR) is 102 cm³/mol. The number of rotatable bonds is 5. The summed E-state index contributed by atoms with van der Waals surface area (Å²) in [4.78, 5) is 35.6. The lowest BCUT2D eigenvalue weighted by Crippen LogP contribution is -2.35. The monoisotopic (exact) mass is 397 g/mol. The Balaban J connectivity index is 2.07. The first-order valence-electron chi connectivity index (χ1n) is 7.88. The van der Waals surface area contributed by atoms with Crippen molar-refractivity contribution in [3.63, 3.8) is 0 Å². The van der Waals surface area contributed by atoms with E-state index < -0.39 is 22.4 Å². The fourth-order valence-electron chi connectivity index (χ4n) is 2.59. The predicted octanol–water partition coefficient (Wildman–Crippen LogP) is 2.72. The number of carbonyl (C=O) groups is 2. The van der Waals surface area contributed by atoms with E-state index in [0.717, 1.165) is 11.1 Å². The highest BCUT2D eigenvalue weighted by Crippen LogP contribution is 2.36. The van der Waals surface area contributed by atoms with Crippen LogP contribution in [0.25, 0.3) is 6.08 Å². The Labute approximate surface area is 164 Å². The third kappa shape index (κ3) is 3.65. The van der Waals surface area contributed by atoms with Gasteiger partial charge in [0, 0.05) is 16.7 Å². The van der Waals surface area contributed by atoms with Crippen molar-refractivity contribution in [1.29, 1.82) is 0 Å². The molecule has 0 spiro atoms. The van der Waals surface area contributed by atoms with Crippen LogP contribution in [0.15, 0.2) is 48.0 Å². The first kappa shape index (κ1) is 18.9. The molecule has 1 N–H and O–H groups in total. The van der Waals surface area contributed by atoms with Gasteiger partial charge in [0.2, 0.25) is 5.75 Å². The Morgan fingerprint density at radius 3 is 2.64 bits per heavy atom. The summed E-state index contributed by atoms with van der Waals surface area (Å²) in [6.07, 6.45) is 6.35. The maximum atomic E-state index is 12.7. The second-order valence-electron chi connectivity index (χ2n) is 5.57. The summed E-state index contributed by atoms with van der Waals surface area (Å²) in [6.45, 7) is -0.241. The number of hydrogen-bond acceptors (Lipinski definition) is 5. The van der Waals surface area contributed by atoms with E-state index in [9.17, 15) is 19.7 Å². The van der Waals surface area contributed by atoms with Crippen molar-refractivity contribution < 1.29 is 19.2 Å². The molecule has 1 saturated heterocycles. The number of ether oxygens (including phenoxy) is 1. The third-order valence-electron chi connectivity index (χ3n) is 3.77. The van der Waals surface area contributed by atoms with Crippen molar-refractivity contribution >= 4 is 40.9 Å². The van der Waals surface area contributed by atoms with Crippen LogP contribution >= 0.6 is 11.6 Å². The third-order valence-corrected chi connectivity index (χ3v) is 3.98. The molecule has 0 atom stereocenters. The van der Waals surface area contributed by atoms with Crippen LogP contribution in [0, 0.1) is 22.5 Å². The van der Waals surface area contributed by atoms with Crippen LogP contribution in [0.3, 0.4) is 0 Å². The van der Waals surface area contributed by atoms with Gasteiger partial charge in [-0.05, 0) is 24.3 Å². The SMILES string of the molecule is C#CCOc1c(/C=C2/C(=O)NN(c3ccccc3)C2=O)cc(Cl)cc1[N+](=O)[O-]. The number of carbonyl (C=O) groups excluding carboxylic acids is 2. The fraction of sp³-hybridized carbons (Fsp3) is 0.0526. The summed E-state index contributed by atoms with van der Waals surface area (Å²) in [7, 11) is 0. The molecule has 0 aromatic heterocycles. The van der Waals surface area contributed by atoms with Gasteiger partial charge in [0.1, 0.15) is 12.2 Å². The van der Waals surface area contributed by atoms with Crippen molar-refractivity contribution in [3.8, 4) is 18.1 Å². The van der Waals surface area contributed by atoms with Gasteiger partial charge >= 0.3 is 5.69 Å². The molecular formula is C19H12ClN3O5. The van der Waals surface area contributed by atoms with Crippen LogP contribution in [0.2, 0.25) is 5.02 Å². The van der Waals surface area contributed by atoms with Gasteiger partial charge in [-0.2, -0.15) is 0 Å². The maximum absolute atomic E-state index is 12.7. The Kier molecular flexibility index (Phi) is 5.29. The number of nitrogens with one attached hydrogen (secondary N) is 1. The van der Waals surface area contributed by atoms with Gasteiger partial charge in [-0.3, -0.25) is 25.1 Å². The zero-order chi connectivity index (χ0) is 20.3. The Morgan fingerprint density at radius 1 is 1.29 bits per heavy atom. The highest BCUT2D eigenvalue weighted by Gasteiger charge is 2.35. The van der Waals surface area contributed by atoms with Gasteiger partial charge in [-0.25, -0.2) is 5.01 Å². The molecule has 1 heterocycles. The van der Waals surface area contributed by atoms with Crippen LogP contribution in [0.1, 0.15) is 5.56 Å². The number of halogens is 1. The van der Waals surface area contributed by atoms with Crippen LogP contribution in [-0.2, 0) is 9.59 Å². The van der Waals surface area contributed by atoms with E-state index in [4.69, 9.17) is 22.8 Å². The van der Waals surface area contributed by atoms with Crippen molar-refractivity contribution in [2.75, 3.05) is 11.6 Å². The van der Waals surface area contributed by atoms with Gasteiger partial charge < -0.3 is 4.74 Å². The normalized spacial score (nSPS) is 14.7. The van der Waals surface area contributed by atoms with Crippen molar-refractivity contribution in [1.82, 2.24) is 5.43 Å². The number of amides is 2. The summed E-state index contributed by atoms with van der Waals surface area (Å²) in [6, 6.07) is 10.9. The lowest BCUT2D eigenvalue weighted by atomic mass is 10.1. The molecule has 9 heteroatoms. The molecule has 28 heavy (non-hydrogen) atoms. The van der Waals surface area contributed by atoms with Gasteiger partial charge in [0.15, 0.2) is 0 Å². The lowest BCUT2D eigenvalue weighted by Gasteiger charge is -2.14. The summed E-state index contributed by atoms with van der Waals surface area (Å²) in [5.41, 5.74) is 2.33. The molecule has 0 saturated carbocycles. The highest BCUT2D eigenvalue weighted by molar-refractivity contribution is 6.32. The zero-order valence-electron chi connectivity index (χ0n) is 14.2. The summed E-state index contributed by atoms with van der Waals surface area (Å²) in [5, 5.41) is 12.5. The highest BCUT2D eigenvalue weighted by atomic mass is 35.5. The number of nitrogens with zero attached hydrogens (tertiary/aromatic N) is 2. The molecule has 2 aromatic carbocycles. The van der Waals surface area contributed by atoms with Crippen LogP contribution in [0.5, 0.6) is 5.75 Å². The molecule has 1 aliphatic heterocycles. The van der Waals surface area contributed by atoms with E-state index in [1.807, 2.05) is 0 Å². The molecule has 8 nitrogen and oxygen atoms in total. The Hall–Kier alpha value is -3.83. The maximum Gasteiger partial charge on any atom is 0.313 e. The molecule has 2 amide bonds. The molecule has 2 aromatic rings. The van der Waals surface area contributed by atoms with E-state index in [0.29, 0.717) is 5.69 Å². The number of hydrogen-bond donors (Lipinski definition) is 1. The number of nitro groups is 1. The van der Waals surface area contributed by atoms with Crippen molar-refractivity contribution in [2.45, 2.75) is 0 Å². The average molecular weight is 398 g/mol.